The van der Waals surface area contributed by atoms with E-state index in [0.717, 1.165) is 5.56 Å². The summed E-state index contributed by atoms with van der Waals surface area (Å²) in [5.74, 6) is -0.512. The third kappa shape index (κ3) is 4.03. The van der Waals surface area contributed by atoms with E-state index in [-0.39, 0.29) is 11.8 Å². The van der Waals surface area contributed by atoms with Crippen LogP contribution in [-0.4, -0.2) is 17.9 Å². The molecule has 0 aliphatic carbocycles. The van der Waals surface area contributed by atoms with Gasteiger partial charge in [-0.05, 0) is 35.7 Å². The Morgan fingerprint density at radius 2 is 1.95 bits per heavy atom. The Hall–Kier alpha value is -1.94. The van der Waals surface area contributed by atoms with Crippen molar-refractivity contribution in [3.8, 4) is 0 Å². The first-order chi connectivity index (χ1) is 9.66. The van der Waals surface area contributed by atoms with Gasteiger partial charge in [0.15, 0.2) is 6.10 Å². The molecule has 0 fully saturated rings. The first-order valence-corrected chi connectivity index (χ1v) is 7.41. The monoisotopic (exact) mass is 288 g/mol. The third-order valence-electron chi connectivity index (χ3n) is 2.93. The molecule has 2 rings (SSSR count). The predicted molar refractivity (Wildman–Crippen MR) is 79.0 cm³/mol. The fourth-order valence-electron chi connectivity index (χ4n) is 1.83. The van der Waals surface area contributed by atoms with E-state index < -0.39 is 6.10 Å². The average molecular weight is 288 g/mol. The van der Waals surface area contributed by atoms with Crippen LogP contribution in [0.5, 0.6) is 0 Å². The Balaban J connectivity index is 1.83. The van der Waals surface area contributed by atoms with Crippen molar-refractivity contribution in [2.75, 3.05) is 0 Å². The molecule has 0 saturated heterocycles. The number of aryl methyl sites for hydroxylation is 1. The number of benzene rings is 1. The molecule has 0 aliphatic heterocycles. The molecule has 20 heavy (non-hydrogen) atoms. The molecule has 104 valence electrons. The molecule has 0 bridgehead atoms. The smallest absolute Gasteiger partial charge is 0.306 e. The standard InChI is InChI=1S/C16H16O3S/c1-12(16(18)14-5-3-2-4-6-14)19-15(17)8-7-13-9-10-20-11-13/h2-6,9-12H,7-8H2,1H3. The quantitative estimate of drug-likeness (QED) is 0.603. The predicted octanol–water partition coefficient (Wildman–Crippen LogP) is 3.50. The van der Waals surface area contributed by atoms with E-state index in [1.807, 2.05) is 22.9 Å². The zero-order valence-electron chi connectivity index (χ0n) is 11.2. The maximum Gasteiger partial charge on any atom is 0.306 e. The molecule has 3 nitrogen and oxygen atoms in total. The first kappa shape index (κ1) is 14.5. The molecular weight excluding hydrogens is 272 g/mol. The largest absolute Gasteiger partial charge is 0.454 e. The van der Waals surface area contributed by atoms with Gasteiger partial charge in [0, 0.05) is 12.0 Å². The molecule has 0 saturated carbocycles. The number of rotatable bonds is 6. The van der Waals surface area contributed by atoms with Crippen LogP contribution in [0.25, 0.3) is 0 Å². The van der Waals surface area contributed by atoms with Crippen molar-refractivity contribution in [1.82, 2.24) is 0 Å². The average Bonchev–Trinajstić information content (AvgIpc) is 2.98. The fraction of sp³-hybridized carbons (Fsp3) is 0.250. The normalized spacial score (nSPS) is 11.8. The molecule has 1 aromatic carbocycles. The SMILES string of the molecule is CC(OC(=O)CCc1ccsc1)C(=O)c1ccccc1. The third-order valence-corrected chi connectivity index (χ3v) is 3.67. The lowest BCUT2D eigenvalue weighted by Gasteiger charge is -2.12. The van der Waals surface area contributed by atoms with E-state index in [2.05, 4.69) is 0 Å². The number of carbonyl (C=O) groups is 2. The van der Waals surface area contributed by atoms with E-state index in [4.69, 9.17) is 4.74 Å². The molecule has 1 unspecified atom stereocenters. The molecule has 1 heterocycles. The van der Waals surface area contributed by atoms with Gasteiger partial charge in [-0.2, -0.15) is 11.3 Å². The van der Waals surface area contributed by atoms with E-state index in [1.54, 1.807) is 42.5 Å². The molecule has 4 heteroatoms. The van der Waals surface area contributed by atoms with Crippen LogP contribution in [0.15, 0.2) is 47.2 Å². The van der Waals surface area contributed by atoms with Gasteiger partial charge >= 0.3 is 5.97 Å². The summed E-state index contributed by atoms with van der Waals surface area (Å²) in [6, 6.07) is 10.8. The lowest BCUT2D eigenvalue weighted by molar-refractivity contribution is -0.146. The summed E-state index contributed by atoms with van der Waals surface area (Å²) >= 11 is 1.60. The van der Waals surface area contributed by atoms with Crippen LogP contribution in [0.3, 0.4) is 0 Å². The molecular formula is C16H16O3S. The zero-order valence-corrected chi connectivity index (χ0v) is 12.1. The lowest BCUT2D eigenvalue weighted by atomic mass is 10.1. The van der Waals surface area contributed by atoms with Crippen molar-refractivity contribution >= 4 is 23.1 Å². The zero-order chi connectivity index (χ0) is 14.4. The molecule has 0 N–H and O–H groups in total. The molecule has 0 aliphatic rings. The van der Waals surface area contributed by atoms with Gasteiger partial charge in [-0.3, -0.25) is 9.59 Å². The van der Waals surface area contributed by atoms with Crippen molar-refractivity contribution in [2.24, 2.45) is 0 Å². The summed E-state index contributed by atoms with van der Waals surface area (Å²) in [4.78, 5) is 23.8. The highest BCUT2D eigenvalue weighted by molar-refractivity contribution is 7.07. The molecule has 0 spiro atoms. The molecule has 0 amide bonds. The van der Waals surface area contributed by atoms with Crippen LogP contribution in [0.1, 0.15) is 29.3 Å². The second-order valence-electron chi connectivity index (χ2n) is 4.49. The number of carbonyl (C=O) groups excluding carboxylic acids is 2. The van der Waals surface area contributed by atoms with Gasteiger partial charge in [-0.15, -0.1) is 0 Å². The Bertz CT molecular complexity index is 561. The van der Waals surface area contributed by atoms with Crippen molar-refractivity contribution in [3.63, 3.8) is 0 Å². The van der Waals surface area contributed by atoms with Gasteiger partial charge in [0.1, 0.15) is 0 Å². The van der Waals surface area contributed by atoms with Gasteiger partial charge in [0.2, 0.25) is 5.78 Å². The summed E-state index contributed by atoms with van der Waals surface area (Å²) in [6.45, 7) is 1.61. The number of thiophene rings is 1. The van der Waals surface area contributed by atoms with E-state index in [0.29, 0.717) is 18.4 Å². The first-order valence-electron chi connectivity index (χ1n) is 6.46. The van der Waals surface area contributed by atoms with Crippen molar-refractivity contribution in [2.45, 2.75) is 25.9 Å². The van der Waals surface area contributed by atoms with Gasteiger partial charge in [0.05, 0.1) is 0 Å². The number of hydrogen-bond donors (Lipinski definition) is 0. The fourth-order valence-corrected chi connectivity index (χ4v) is 2.53. The second kappa shape index (κ2) is 7.01. The Morgan fingerprint density at radius 1 is 1.20 bits per heavy atom. The lowest BCUT2D eigenvalue weighted by Crippen LogP contribution is -2.24. The van der Waals surface area contributed by atoms with Crippen LogP contribution in [0.4, 0.5) is 0 Å². The van der Waals surface area contributed by atoms with Crippen LogP contribution in [0.2, 0.25) is 0 Å². The van der Waals surface area contributed by atoms with Crippen LogP contribution < -0.4 is 0 Å². The van der Waals surface area contributed by atoms with Crippen molar-refractivity contribution in [3.05, 3.63) is 58.3 Å². The van der Waals surface area contributed by atoms with Crippen molar-refractivity contribution < 1.29 is 14.3 Å². The highest BCUT2D eigenvalue weighted by atomic mass is 32.1. The maximum absolute atomic E-state index is 12.0. The van der Waals surface area contributed by atoms with Crippen molar-refractivity contribution in [1.29, 1.82) is 0 Å². The number of hydrogen-bond acceptors (Lipinski definition) is 4. The van der Waals surface area contributed by atoms with Crippen LogP contribution in [-0.2, 0) is 16.0 Å². The summed E-state index contributed by atoms with van der Waals surface area (Å²) in [5.41, 5.74) is 1.68. The summed E-state index contributed by atoms with van der Waals surface area (Å²) in [7, 11) is 0. The summed E-state index contributed by atoms with van der Waals surface area (Å²) in [5, 5.41) is 3.98. The summed E-state index contributed by atoms with van der Waals surface area (Å²) in [6.07, 6.45) is 0.199. The minimum absolute atomic E-state index is 0.172. The number of esters is 1. The molecule has 1 atom stereocenters. The number of ketones is 1. The van der Waals surface area contributed by atoms with E-state index >= 15 is 0 Å². The van der Waals surface area contributed by atoms with Crippen LogP contribution >= 0.6 is 11.3 Å². The molecule has 0 radical (unpaired) electrons. The topological polar surface area (TPSA) is 43.4 Å². The van der Waals surface area contributed by atoms with Gasteiger partial charge < -0.3 is 4.74 Å². The van der Waals surface area contributed by atoms with Gasteiger partial charge in [0.25, 0.3) is 0 Å². The summed E-state index contributed by atoms with van der Waals surface area (Å²) < 4.78 is 5.18. The number of ether oxygens (including phenoxy) is 1. The Morgan fingerprint density at radius 3 is 2.60 bits per heavy atom. The van der Waals surface area contributed by atoms with Gasteiger partial charge in [-0.25, -0.2) is 0 Å². The highest BCUT2D eigenvalue weighted by Crippen LogP contribution is 2.11. The molecule has 1 aromatic heterocycles. The highest BCUT2D eigenvalue weighted by Gasteiger charge is 2.18. The Kier molecular flexibility index (Phi) is 5.07. The van der Waals surface area contributed by atoms with Gasteiger partial charge in [-0.1, -0.05) is 30.3 Å². The van der Waals surface area contributed by atoms with E-state index in [9.17, 15) is 9.59 Å². The van der Waals surface area contributed by atoms with Crippen LogP contribution in [0, 0.1) is 0 Å². The van der Waals surface area contributed by atoms with E-state index in [1.165, 1.54) is 0 Å². The number of Topliss-reactive ketones (excluding diaryl/α,β-unsaturated/α-hetero) is 1. The second-order valence-corrected chi connectivity index (χ2v) is 5.27. The molecule has 2 aromatic rings. The minimum Gasteiger partial charge on any atom is -0.454 e. The Labute approximate surface area is 122 Å². The minimum atomic E-state index is -0.743. The maximum atomic E-state index is 12.0.